The molecule has 1 saturated heterocycles. The largest absolute Gasteiger partial charge is 0.490 e. The molecule has 0 aliphatic carbocycles. The number of benzene rings is 1. The summed E-state index contributed by atoms with van der Waals surface area (Å²) in [4.78, 5) is 8.90. The highest BCUT2D eigenvalue weighted by Crippen LogP contribution is 2.13. The van der Waals surface area contributed by atoms with Gasteiger partial charge in [-0.1, -0.05) is 30.3 Å². The van der Waals surface area contributed by atoms with Crippen LogP contribution >= 0.6 is 0 Å². The molecule has 1 aliphatic heterocycles. The molecule has 19 heavy (non-hydrogen) atoms. The van der Waals surface area contributed by atoms with E-state index in [1.54, 1.807) is 0 Å². The number of ether oxygens (including phenoxy) is 1. The van der Waals surface area contributed by atoms with Gasteiger partial charge in [0.2, 0.25) is 0 Å². The number of carboxylic acid groups (broad SMARTS) is 1. The molecule has 0 atom stereocenters. The molecule has 1 heterocycles. The third-order valence-electron chi connectivity index (χ3n) is 2.32. The SMILES string of the molecule is O=C(O)C(F)(F)F.c1ccc(COC2CNC2)cc1. The van der Waals surface area contributed by atoms with Crippen molar-refractivity contribution in [2.24, 2.45) is 0 Å². The lowest BCUT2D eigenvalue weighted by atomic mass is 10.2. The van der Waals surface area contributed by atoms with Crippen LogP contribution in [-0.2, 0) is 16.1 Å². The van der Waals surface area contributed by atoms with Crippen molar-refractivity contribution in [2.45, 2.75) is 18.9 Å². The van der Waals surface area contributed by atoms with Gasteiger partial charge in [-0.3, -0.25) is 0 Å². The van der Waals surface area contributed by atoms with E-state index in [2.05, 4.69) is 17.4 Å². The fourth-order valence-electron chi connectivity index (χ4n) is 1.17. The minimum Gasteiger partial charge on any atom is -0.475 e. The molecule has 106 valence electrons. The van der Waals surface area contributed by atoms with Gasteiger partial charge >= 0.3 is 12.1 Å². The van der Waals surface area contributed by atoms with Crippen LogP contribution in [0.4, 0.5) is 13.2 Å². The fraction of sp³-hybridized carbons (Fsp3) is 0.417. The molecule has 2 N–H and O–H groups in total. The van der Waals surface area contributed by atoms with Gasteiger partial charge in [-0.2, -0.15) is 13.2 Å². The Morgan fingerprint density at radius 2 is 1.84 bits per heavy atom. The van der Waals surface area contributed by atoms with Crippen molar-refractivity contribution in [1.29, 1.82) is 0 Å². The maximum absolute atomic E-state index is 10.6. The van der Waals surface area contributed by atoms with Gasteiger partial charge < -0.3 is 15.2 Å². The first-order valence-electron chi connectivity index (χ1n) is 5.56. The van der Waals surface area contributed by atoms with Gasteiger partial charge in [-0.15, -0.1) is 0 Å². The van der Waals surface area contributed by atoms with Crippen molar-refractivity contribution < 1.29 is 27.8 Å². The van der Waals surface area contributed by atoms with Gasteiger partial charge in [0.25, 0.3) is 0 Å². The smallest absolute Gasteiger partial charge is 0.475 e. The Bertz CT molecular complexity index is 391. The second-order valence-corrected chi connectivity index (χ2v) is 3.88. The Morgan fingerprint density at radius 1 is 1.32 bits per heavy atom. The molecule has 1 fully saturated rings. The number of hydrogen-bond donors (Lipinski definition) is 2. The van der Waals surface area contributed by atoms with Gasteiger partial charge in [0.15, 0.2) is 0 Å². The third kappa shape index (κ3) is 6.21. The van der Waals surface area contributed by atoms with Crippen molar-refractivity contribution in [2.75, 3.05) is 13.1 Å². The quantitative estimate of drug-likeness (QED) is 0.884. The summed E-state index contributed by atoms with van der Waals surface area (Å²) >= 11 is 0. The molecular formula is C12H14F3NO3. The standard InChI is InChI=1S/C10H13NO.C2HF3O2/c1-2-4-9(5-3-1)8-12-10-6-11-7-10;3-2(4,5)1(6)7/h1-5,10-11H,6-8H2;(H,6,7). The molecule has 2 rings (SSSR count). The highest BCUT2D eigenvalue weighted by molar-refractivity contribution is 5.73. The molecule has 1 aliphatic rings. The number of aliphatic carboxylic acids is 1. The van der Waals surface area contributed by atoms with Gasteiger partial charge in [-0.05, 0) is 5.56 Å². The molecule has 4 nitrogen and oxygen atoms in total. The Balaban J connectivity index is 0.000000224. The summed E-state index contributed by atoms with van der Waals surface area (Å²) < 4.78 is 37.3. The molecule has 0 unspecified atom stereocenters. The molecule has 7 heteroatoms. The number of carbonyl (C=O) groups is 1. The van der Waals surface area contributed by atoms with Crippen LogP contribution in [0.3, 0.4) is 0 Å². The number of alkyl halides is 3. The first-order chi connectivity index (χ1) is 8.89. The lowest BCUT2D eigenvalue weighted by Gasteiger charge is -2.27. The van der Waals surface area contributed by atoms with Crippen LogP contribution in [0.25, 0.3) is 0 Å². The number of hydrogen-bond acceptors (Lipinski definition) is 3. The van der Waals surface area contributed by atoms with Gasteiger partial charge in [-0.25, -0.2) is 4.79 Å². The van der Waals surface area contributed by atoms with Gasteiger partial charge in [0.1, 0.15) is 0 Å². The van der Waals surface area contributed by atoms with Crippen molar-refractivity contribution in [3.8, 4) is 0 Å². The van der Waals surface area contributed by atoms with Crippen LogP contribution in [0.15, 0.2) is 30.3 Å². The number of carboxylic acids is 1. The average molecular weight is 277 g/mol. The first-order valence-corrected chi connectivity index (χ1v) is 5.56. The predicted octanol–water partition coefficient (Wildman–Crippen LogP) is 1.81. The minimum absolute atomic E-state index is 0.435. The maximum Gasteiger partial charge on any atom is 0.490 e. The van der Waals surface area contributed by atoms with E-state index >= 15 is 0 Å². The van der Waals surface area contributed by atoms with E-state index in [1.807, 2.05) is 18.2 Å². The topological polar surface area (TPSA) is 58.6 Å². The summed E-state index contributed by atoms with van der Waals surface area (Å²) in [6.45, 7) is 2.76. The minimum atomic E-state index is -5.08. The first kappa shape index (κ1) is 15.5. The molecule has 0 radical (unpaired) electrons. The van der Waals surface area contributed by atoms with Crippen LogP contribution in [0.2, 0.25) is 0 Å². The Morgan fingerprint density at radius 3 is 2.21 bits per heavy atom. The maximum atomic E-state index is 10.6. The average Bonchev–Trinajstić information content (AvgIpc) is 2.28. The van der Waals surface area contributed by atoms with E-state index < -0.39 is 12.1 Å². The van der Waals surface area contributed by atoms with E-state index in [1.165, 1.54) is 5.56 Å². The van der Waals surface area contributed by atoms with Crippen LogP contribution < -0.4 is 5.32 Å². The van der Waals surface area contributed by atoms with Crippen molar-refractivity contribution in [3.05, 3.63) is 35.9 Å². The van der Waals surface area contributed by atoms with Gasteiger partial charge in [0.05, 0.1) is 12.7 Å². The third-order valence-corrected chi connectivity index (χ3v) is 2.32. The van der Waals surface area contributed by atoms with Crippen LogP contribution in [0.1, 0.15) is 5.56 Å². The van der Waals surface area contributed by atoms with E-state index in [4.69, 9.17) is 14.6 Å². The molecule has 0 aromatic heterocycles. The lowest BCUT2D eigenvalue weighted by Crippen LogP contribution is -2.48. The van der Waals surface area contributed by atoms with Crippen LogP contribution in [0.5, 0.6) is 0 Å². The molecule has 1 aromatic carbocycles. The molecule has 0 bridgehead atoms. The summed E-state index contributed by atoms with van der Waals surface area (Å²) in [7, 11) is 0. The molecule has 0 amide bonds. The number of rotatable bonds is 3. The van der Waals surface area contributed by atoms with E-state index in [9.17, 15) is 13.2 Å². The summed E-state index contributed by atoms with van der Waals surface area (Å²) in [6, 6.07) is 10.3. The summed E-state index contributed by atoms with van der Waals surface area (Å²) in [5.41, 5.74) is 1.25. The lowest BCUT2D eigenvalue weighted by molar-refractivity contribution is -0.192. The second-order valence-electron chi connectivity index (χ2n) is 3.88. The van der Waals surface area contributed by atoms with Crippen LogP contribution in [0, 0.1) is 0 Å². The van der Waals surface area contributed by atoms with E-state index in [-0.39, 0.29) is 0 Å². The summed E-state index contributed by atoms with van der Waals surface area (Å²) in [6.07, 6.45) is -4.65. The van der Waals surface area contributed by atoms with Crippen LogP contribution in [-0.4, -0.2) is 36.4 Å². The van der Waals surface area contributed by atoms with Gasteiger partial charge in [0, 0.05) is 13.1 Å². The number of nitrogens with one attached hydrogen (secondary N) is 1. The Hall–Kier alpha value is -1.60. The number of halogens is 3. The Labute approximate surface area is 108 Å². The van der Waals surface area contributed by atoms with E-state index in [0.717, 1.165) is 19.7 Å². The van der Waals surface area contributed by atoms with E-state index in [0.29, 0.717) is 6.10 Å². The Kier molecular flexibility index (Phi) is 5.78. The fourth-order valence-corrected chi connectivity index (χ4v) is 1.17. The molecule has 1 aromatic rings. The highest BCUT2D eigenvalue weighted by Gasteiger charge is 2.38. The molecule has 0 saturated carbocycles. The van der Waals surface area contributed by atoms with Crippen molar-refractivity contribution in [3.63, 3.8) is 0 Å². The monoisotopic (exact) mass is 277 g/mol. The zero-order chi connectivity index (χ0) is 14.3. The normalized spacial score (nSPS) is 15.1. The van der Waals surface area contributed by atoms with Crippen molar-refractivity contribution in [1.82, 2.24) is 5.32 Å². The highest BCUT2D eigenvalue weighted by atomic mass is 19.4. The predicted molar refractivity (Wildman–Crippen MR) is 61.6 cm³/mol. The molecule has 0 spiro atoms. The zero-order valence-electron chi connectivity index (χ0n) is 9.98. The summed E-state index contributed by atoms with van der Waals surface area (Å²) in [5, 5.41) is 10.3. The summed E-state index contributed by atoms with van der Waals surface area (Å²) in [5.74, 6) is -2.76. The molecular weight excluding hydrogens is 263 g/mol. The van der Waals surface area contributed by atoms with Crippen molar-refractivity contribution >= 4 is 5.97 Å². The second kappa shape index (κ2) is 7.10. The zero-order valence-corrected chi connectivity index (χ0v) is 9.98.